The van der Waals surface area contributed by atoms with E-state index in [1.807, 2.05) is 6.07 Å². The minimum Gasteiger partial charge on any atom is -0.441 e. The Hall–Kier alpha value is -2.56. The molecule has 2 aliphatic heterocycles. The number of hydrogen-bond donors (Lipinski definition) is 1. The number of carbonyl (C=O) groups is 3. The number of ether oxygens (including phenoxy) is 1. The summed E-state index contributed by atoms with van der Waals surface area (Å²) in [5.41, 5.74) is 0.581. The Morgan fingerprint density at radius 3 is 2.60 bits per heavy atom. The number of nitrogens with zero attached hydrogens (tertiary/aromatic N) is 2. The number of thioether (sulfide) groups is 1. The summed E-state index contributed by atoms with van der Waals surface area (Å²) in [6.45, 7) is 2.39. The number of nitrogens with one attached hydrogen (secondary N) is 1. The molecule has 0 radical (unpaired) electrons. The SMILES string of the molecule is O=C(CN1C(=O)S/C(=C/c2ccc(N3CCOCC3)o2)C1=O)Nc1ccc(Br)cc1. The van der Waals surface area contributed by atoms with E-state index in [9.17, 15) is 14.4 Å². The van der Waals surface area contributed by atoms with Crippen LogP contribution < -0.4 is 10.2 Å². The molecule has 0 spiro atoms. The Balaban J connectivity index is 1.40. The standard InChI is InChI=1S/C20H18BrN3O5S/c21-13-1-3-14(4-2-13)22-17(25)12-24-19(26)16(30-20(24)27)11-15-5-6-18(29-15)23-7-9-28-10-8-23/h1-6,11H,7-10,12H2,(H,22,25)/b16-11+. The van der Waals surface area contributed by atoms with Gasteiger partial charge in [-0.2, -0.15) is 0 Å². The van der Waals surface area contributed by atoms with Gasteiger partial charge < -0.3 is 19.4 Å². The molecule has 3 amide bonds. The van der Waals surface area contributed by atoms with Crippen LogP contribution >= 0.6 is 27.7 Å². The van der Waals surface area contributed by atoms with Gasteiger partial charge in [-0.25, -0.2) is 0 Å². The number of hydrogen-bond acceptors (Lipinski definition) is 7. The normalized spacial score (nSPS) is 18.4. The van der Waals surface area contributed by atoms with E-state index in [4.69, 9.17) is 9.15 Å². The van der Waals surface area contributed by atoms with Crippen LogP contribution in [0, 0.1) is 0 Å². The predicted molar refractivity (Wildman–Crippen MR) is 117 cm³/mol. The Kier molecular flexibility index (Phi) is 6.26. The second-order valence-electron chi connectivity index (χ2n) is 6.60. The van der Waals surface area contributed by atoms with E-state index in [0.717, 1.165) is 34.2 Å². The number of furan rings is 1. The summed E-state index contributed by atoms with van der Waals surface area (Å²) in [6.07, 6.45) is 1.53. The number of carbonyl (C=O) groups excluding carboxylic acids is 3. The van der Waals surface area contributed by atoms with Crippen molar-refractivity contribution in [3.63, 3.8) is 0 Å². The van der Waals surface area contributed by atoms with Crippen molar-refractivity contribution < 1.29 is 23.5 Å². The van der Waals surface area contributed by atoms with Crippen LogP contribution in [0.25, 0.3) is 6.08 Å². The van der Waals surface area contributed by atoms with Crippen LogP contribution in [0.2, 0.25) is 0 Å². The predicted octanol–water partition coefficient (Wildman–Crippen LogP) is 3.55. The second-order valence-corrected chi connectivity index (χ2v) is 8.51. The maximum Gasteiger partial charge on any atom is 0.294 e. The largest absolute Gasteiger partial charge is 0.441 e. The van der Waals surface area contributed by atoms with Gasteiger partial charge in [0.1, 0.15) is 12.3 Å². The summed E-state index contributed by atoms with van der Waals surface area (Å²) < 4.78 is 12.0. The van der Waals surface area contributed by atoms with Crippen LogP contribution in [0.15, 0.2) is 50.2 Å². The fraction of sp³-hybridized carbons (Fsp3) is 0.250. The van der Waals surface area contributed by atoms with Gasteiger partial charge in [0.05, 0.1) is 18.1 Å². The van der Waals surface area contributed by atoms with Crippen molar-refractivity contribution in [3.8, 4) is 0 Å². The van der Waals surface area contributed by atoms with Crippen LogP contribution in [0.1, 0.15) is 5.76 Å². The molecule has 0 atom stereocenters. The molecule has 2 aliphatic rings. The molecule has 1 aromatic heterocycles. The number of anilines is 2. The lowest BCUT2D eigenvalue weighted by molar-refractivity contribution is -0.127. The zero-order chi connectivity index (χ0) is 21.1. The maximum absolute atomic E-state index is 12.6. The number of halogens is 1. The van der Waals surface area contributed by atoms with Gasteiger partial charge in [0.25, 0.3) is 11.1 Å². The lowest BCUT2D eigenvalue weighted by Gasteiger charge is -2.26. The first-order chi connectivity index (χ1) is 14.5. The smallest absolute Gasteiger partial charge is 0.294 e. The Labute approximate surface area is 185 Å². The second kappa shape index (κ2) is 9.07. The molecule has 2 fully saturated rings. The molecule has 10 heteroatoms. The van der Waals surface area contributed by atoms with E-state index in [1.165, 1.54) is 6.08 Å². The molecule has 156 valence electrons. The molecule has 2 aromatic rings. The monoisotopic (exact) mass is 491 g/mol. The highest BCUT2D eigenvalue weighted by molar-refractivity contribution is 9.10. The molecule has 0 bridgehead atoms. The fourth-order valence-corrected chi connectivity index (χ4v) is 4.10. The van der Waals surface area contributed by atoms with Crippen molar-refractivity contribution in [2.75, 3.05) is 43.1 Å². The number of rotatable bonds is 5. The van der Waals surface area contributed by atoms with Crippen molar-refractivity contribution in [2.24, 2.45) is 0 Å². The van der Waals surface area contributed by atoms with Gasteiger partial charge in [0.2, 0.25) is 5.91 Å². The van der Waals surface area contributed by atoms with Crippen LogP contribution in [-0.2, 0) is 14.3 Å². The van der Waals surface area contributed by atoms with Crippen molar-refractivity contribution in [3.05, 3.63) is 51.5 Å². The Morgan fingerprint density at radius 1 is 1.13 bits per heavy atom. The van der Waals surface area contributed by atoms with Crippen LogP contribution in [0.5, 0.6) is 0 Å². The van der Waals surface area contributed by atoms with Gasteiger partial charge in [-0.1, -0.05) is 15.9 Å². The van der Waals surface area contributed by atoms with E-state index >= 15 is 0 Å². The lowest BCUT2D eigenvalue weighted by Crippen LogP contribution is -2.36. The molecular weight excluding hydrogens is 474 g/mol. The summed E-state index contributed by atoms with van der Waals surface area (Å²) in [5.74, 6) is 0.202. The third-order valence-electron chi connectivity index (χ3n) is 4.51. The summed E-state index contributed by atoms with van der Waals surface area (Å²) in [5, 5.41) is 2.18. The minimum absolute atomic E-state index is 0.222. The average Bonchev–Trinajstić information content (AvgIpc) is 3.31. The van der Waals surface area contributed by atoms with E-state index < -0.39 is 17.1 Å². The molecule has 1 aromatic carbocycles. The number of benzene rings is 1. The number of amides is 3. The molecule has 3 heterocycles. The first-order valence-corrected chi connectivity index (χ1v) is 10.8. The summed E-state index contributed by atoms with van der Waals surface area (Å²) in [6, 6.07) is 10.6. The fourth-order valence-electron chi connectivity index (χ4n) is 3.02. The minimum atomic E-state index is -0.514. The van der Waals surface area contributed by atoms with Gasteiger partial charge >= 0.3 is 0 Å². The highest BCUT2D eigenvalue weighted by Crippen LogP contribution is 2.33. The molecule has 2 saturated heterocycles. The van der Waals surface area contributed by atoms with Crippen LogP contribution in [-0.4, -0.2) is 54.8 Å². The number of morpholine rings is 1. The van der Waals surface area contributed by atoms with Crippen molar-refractivity contribution in [1.82, 2.24) is 4.90 Å². The van der Waals surface area contributed by atoms with Crippen LogP contribution in [0.4, 0.5) is 16.4 Å². The summed E-state index contributed by atoms with van der Waals surface area (Å²) in [7, 11) is 0. The zero-order valence-electron chi connectivity index (χ0n) is 15.8. The van der Waals surface area contributed by atoms with Crippen molar-refractivity contribution in [1.29, 1.82) is 0 Å². The van der Waals surface area contributed by atoms with Crippen LogP contribution in [0.3, 0.4) is 0 Å². The van der Waals surface area contributed by atoms with Gasteiger partial charge in [-0.3, -0.25) is 19.3 Å². The maximum atomic E-state index is 12.6. The molecule has 8 nitrogen and oxygen atoms in total. The topological polar surface area (TPSA) is 92.1 Å². The van der Waals surface area contributed by atoms with Crippen molar-refractivity contribution in [2.45, 2.75) is 0 Å². The average molecular weight is 492 g/mol. The highest BCUT2D eigenvalue weighted by Gasteiger charge is 2.36. The zero-order valence-corrected chi connectivity index (χ0v) is 18.2. The number of imide groups is 1. The summed E-state index contributed by atoms with van der Waals surface area (Å²) in [4.78, 5) is 40.3. The molecule has 0 saturated carbocycles. The first-order valence-electron chi connectivity index (χ1n) is 9.23. The quantitative estimate of drug-likeness (QED) is 0.639. The Bertz CT molecular complexity index is 998. The van der Waals surface area contributed by atoms with E-state index in [-0.39, 0.29) is 11.4 Å². The van der Waals surface area contributed by atoms with Gasteiger partial charge in [0, 0.05) is 35.4 Å². The van der Waals surface area contributed by atoms with E-state index in [0.29, 0.717) is 30.5 Å². The van der Waals surface area contributed by atoms with E-state index in [1.54, 1.807) is 30.3 Å². The molecular formula is C20H18BrN3O5S. The highest BCUT2D eigenvalue weighted by atomic mass is 79.9. The molecule has 4 rings (SSSR count). The summed E-state index contributed by atoms with van der Waals surface area (Å²) >= 11 is 4.11. The van der Waals surface area contributed by atoms with Gasteiger partial charge in [0.15, 0.2) is 5.88 Å². The first kappa shape index (κ1) is 20.7. The molecule has 0 aliphatic carbocycles. The third kappa shape index (κ3) is 4.77. The Morgan fingerprint density at radius 2 is 1.87 bits per heavy atom. The van der Waals surface area contributed by atoms with E-state index in [2.05, 4.69) is 26.1 Å². The third-order valence-corrected chi connectivity index (χ3v) is 5.95. The van der Waals surface area contributed by atoms with Gasteiger partial charge in [-0.15, -0.1) is 0 Å². The molecule has 30 heavy (non-hydrogen) atoms. The molecule has 0 unspecified atom stereocenters. The molecule has 1 N–H and O–H groups in total. The van der Waals surface area contributed by atoms with Crippen molar-refractivity contribution >= 4 is 62.4 Å². The van der Waals surface area contributed by atoms with Gasteiger partial charge in [-0.05, 0) is 42.1 Å². The lowest BCUT2D eigenvalue weighted by atomic mass is 10.3.